The number of ether oxygens (including phenoxy) is 1. The minimum Gasteiger partial charge on any atom is -0.458 e. The van der Waals surface area contributed by atoms with Crippen LogP contribution in [0.15, 0.2) is 48.2 Å². The molecule has 0 saturated carbocycles. The maximum Gasteiger partial charge on any atom is 0.338 e. The van der Waals surface area contributed by atoms with Crippen LogP contribution < -0.4 is 10.6 Å². The van der Waals surface area contributed by atoms with Crippen molar-refractivity contribution in [3.63, 3.8) is 0 Å². The van der Waals surface area contributed by atoms with Gasteiger partial charge in [0.05, 0.1) is 11.6 Å². The molecular formula is C15H15FN2O2S. The summed E-state index contributed by atoms with van der Waals surface area (Å²) in [6.07, 6.45) is 1.49. The van der Waals surface area contributed by atoms with Crippen LogP contribution in [0.3, 0.4) is 0 Å². The zero-order valence-corrected chi connectivity index (χ0v) is 12.3. The molecule has 1 aromatic carbocycles. The molecule has 110 valence electrons. The van der Waals surface area contributed by atoms with Crippen molar-refractivity contribution in [3.05, 3.63) is 59.6 Å². The van der Waals surface area contributed by atoms with Gasteiger partial charge >= 0.3 is 5.97 Å². The highest BCUT2D eigenvalue weighted by atomic mass is 32.1. The molecule has 1 aromatic rings. The topological polar surface area (TPSA) is 50.4 Å². The predicted octanol–water partition coefficient (Wildman–Crippen LogP) is 2.35. The van der Waals surface area contributed by atoms with E-state index in [4.69, 9.17) is 17.0 Å². The van der Waals surface area contributed by atoms with Crippen LogP contribution >= 0.6 is 12.2 Å². The SMILES string of the molecule is C=CCOC(=O)C1=C(C)NC(=S)N[C@H]1c1cccc(F)c1. The Bertz CT molecular complexity index is 628. The second-order valence-corrected chi connectivity index (χ2v) is 4.92. The number of halogens is 1. The molecule has 0 fully saturated rings. The fraction of sp³-hybridized carbons (Fsp3) is 0.200. The van der Waals surface area contributed by atoms with Gasteiger partial charge in [-0.3, -0.25) is 0 Å². The van der Waals surface area contributed by atoms with Crippen molar-refractivity contribution in [3.8, 4) is 0 Å². The highest BCUT2D eigenvalue weighted by Gasteiger charge is 2.30. The Morgan fingerprint density at radius 2 is 2.33 bits per heavy atom. The summed E-state index contributed by atoms with van der Waals surface area (Å²) in [5.74, 6) is -0.876. The van der Waals surface area contributed by atoms with Crippen LogP contribution in [0.4, 0.5) is 4.39 Å². The van der Waals surface area contributed by atoms with E-state index < -0.39 is 12.0 Å². The summed E-state index contributed by atoms with van der Waals surface area (Å²) >= 11 is 5.10. The molecule has 2 rings (SSSR count). The summed E-state index contributed by atoms with van der Waals surface area (Å²) in [6, 6.07) is 5.46. The number of allylic oxidation sites excluding steroid dienone is 1. The molecule has 21 heavy (non-hydrogen) atoms. The number of carbonyl (C=O) groups excluding carboxylic acids is 1. The van der Waals surface area contributed by atoms with Gasteiger partial charge in [0.15, 0.2) is 5.11 Å². The van der Waals surface area contributed by atoms with Crippen molar-refractivity contribution in [1.82, 2.24) is 10.6 Å². The molecule has 1 aliphatic heterocycles. The number of carbonyl (C=O) groups is 1. The van der Waals surface area contributed by atoms with Gasteiger partial charge in [-0.05, 0) is 36.8 Å². The standard InChI is InChI=1S/C15H15FN2O2S/c1-3-7-20-14(19)12-9(2)17-15(21)18-13(12)10-5-4-6-11(16)8-10/h3-6,8,13H,1,7H2,2H3,(H2,17,18,21)/t13-/m0/s1. The van der Waals surface area contributed by atoms with E-state index in [-0.39, 0.29) is 12.4 Å². The predicted molar refractivity (Wildman–Crippen MR) is 81.9 cm³/mol. The molecule has 0 amide bonds. The van der Waals surface area contributed by atoms with E-state index in [9.17, 15) is 9.18 Å². The fourth-order valence-electron chi connectivity index (χ4n) is 2.11. The summed E-state index contributed by atoms with van der Waals surface area (Å²) in [5.41, 5.74) is 1.56. The second kappa shape index (κ2) is 6.49. The number of hydrogen-bond acceptors (Lipinski definition) is 3. The maximum atomic E-state index is 13.4. The van der Waals surface area contributed by atoms with Gasteiger partial charge in [-0.2, -0.15) is 0 Å². The van der Waals surface area contributed by atoms with Crippen molar-refractivity contribution in [2.75, 3.05) is 6.61 Å². The van der Waals surface area contributed by atoms with E-state index in [2.05, 4.69) is 17.2 Å². The first-order valence-corrected chi connectivity index (χ1v) is 6.75. The molecule has 2 N–H and O–H groups in total. The molecular weight excluding hydrogens is 291 g/mol. The van der Waals surface area contributed by atoms with Crippen molar-refractivity contribution in [2.45, 2.75) is 13.0 Å². The molecule has 0 unspecified atom stereocenters. The summed E-state index contributed by atoms with van der Waals surface area (Å²) in [4.78, 5) is 12.2. The summed E-state index contributed by atoms with van der Waals surface area (Å²) in [5, 5.41) is 6.22. The third-order valence-electron chi connectivity index (χ3n) is 3.00. The minimum atomic E-state index is -0.549. The van der Waals surface area contributed by atoms with Crippen LogP contribution in [0.25, 0.3) is 0 Å². The Hall–Kier alpha value is -2.21. The zero-order chi connectivity index (χ0) is 15.4. The second-order valence-electron chi connectivity index (χ2n) is 4.51. The van der Waals surface area contributed by atoms with E-state index in [0.29, 0.717) is 21.9 Å². The molecule has 6 heteroatoms. The molecule has 0 spiro atoms. The van der Waals surface area contributed by atoms with E-state index in [1.54, 1.807) is 19.1 Å². The largest absolute Gasteiger partial charge is 0.458 e. The molecule has 1 heterocycles. The van der Waals surface area contributed by atoms with Crippen LogP contribution in [-0.2, 0) is 9.53 Å². The van der Waals surface area contributed by atoms with Gasteiger partial charge in [0.1, 0.15) is 12.4 Å². The lowest BCUT2D eigenvalue weighted by Crippen LogP contribution is -2.45. The lowest BCUT2D eigenvalue weighted by Gasteiger charge is -2.29. The van der Waals surface area contributed by atoms with Gasteiger partial charge in [-0.15, -0.1) is 0 Å². The zero-order valence-electron chi connectivity index (χ0n) is 11.5. The number of nitrogens with one attached hydrogen (secondary N) is 2. The van der Waals surface area contributed by atoms with Crippen molar-refractivity contribution >= 4 is 23.3 Å². The molecule has 1 atom stereocenters. The minimum absolute atomic E-state index is 0.107. The molecule has 1 aliphatic rings. The molecule has 0 saturated heterocycles. The normalized spacial score (nSPS) is 17.8. The number of esters is 1. The molecule has 0 aliphatic carbocycles. The Kier molecular flexibility index (Phi) is 4.70. The lowest BCUT2D eigenvalue weighted by atomic mass is 9.95. The average Bonchev–Trinajstić information content (AvgIpc) is 2.44. The van der Waals surface area contributed by atoms with E-state index in [1.165, 1.54) is 18.2 Å². The van der Waals surface area contributed by atoms with Gasteiger partial charge in [0.25, 0.3) is 0 Å². The first kappa shape index (κ1) is 15.2. The molecule has 0 bridgehead atoms. The highest BCUT2D eigenvalue weighted by molar-refractivity contribution is 7.80. The number of thiocarbonyl (C=S) groups is 1. The Morgan fingerprint density at radius 1 is 1.57 bits per heavy atom. The molecule has 0 radical (unpaired) electrons. The van der Waals surface area contributed by atoms with Crippen LogP contribution in [0.1, 0.15) is 18.5 Å². The highest BCUT2D eigenvalue weighted by Crippen LogP contribution is 2.27. The monoisotopic (exact) mass is 306 g/mol. The third kappa shape index (κ3) is 3.46. The summed E-state index contributed by atoms with van der Waals surface area (Å²) in [7, 11) is 0. The first-order chi connectivity index (χ1) is 10.0. The third-order valence-corrected chi connectivity index (χ3v) is 3.22. The summed E-state index contributed by atoms with van der Waals surface area (Å²) < 4.78 is 18.5. The quantitative estimate of drug-likeness (QED) is 0.508. The maximum absolute atomic E-state index is 13.4. The molecule has 0 aromatic heterocycles. The fourth-order valence-corrected chi connectivity index (χ4v) is 2.38. The van der Waals surface area contributed by atoms with Gasteiger partial charge < -0.3 is 15.4 Å². The number of benzene rings is 1. The first-order valence-electron chi connectivity index (χ1n) is 6.34. The average molecular weight is 306 g/mol. The van der Waals surface area contributed by atoms with Crippen LogP contribution in [0, 0.1) is 5.82 Å². The van der Waals surface area contributed by atoms with Crippen molar-refractivity contribution < 1.29 is 13.9 Å². The Labute approximate surface area is 127 Å². The van der Waals surface area contributed by atoms with E-state index in [0.717, 1.165) is 0 Å². The smallest absolute Gasteiger partial charge is 0.338 e. The van der Waals surface area contributed by atoms with Gasteiger partial charge in [0, 0.05) is 5.70 Å². The van der Waals surface area contributed by atoms with E-state index >= 15 is 0 Å². The van der Waals surface area contributed by atoms with Crippen molar-refractivity contribution in [1.29, 1.82) is 0 Å². The Morgan fingerprint density at radius 3 is 3.00 bits per heavy atom. The lowest BCUT2D eigenvalue weighted by molar-refractivity contribution is -0.138. The van der Waals surface area contributed by atoms with Crippen LogP contribution in [-0.4, -0.2) is 17.7 Å². The van der Waals surface area contributed by atoms with Crippen molar-refractivity contribution in [2.24, 2.45) is 0 Å². The van der Waals surface area contributed by atoms with Crippen LogP contribution in [0.5, 0.6) is 0 Å². The number of rotatable bonds is 4. The van der Waals surface area contributed by atoms with Crippen LogP contribution in [0.2, 0.25) is 0 Å². The van der Waals surface area contributed by atoms with E-state index in [1.807, 2.05) is 0 Å². The molecule has 4 nitrogen and oxygen atoms in total. The van der Waals surface area contributed by atoms with Gasteiger partial charge in [-0.1, -0.05) is 24.8 Å². The number of hydrogen-bond donors (Lipinski definition) is 2. The summed E-state index contributed by atoms with van der Waals surface area (Å²) in [6.45, 7) is 5.34. The van der Waals surface area contributed by atoms with Gasteiger partial charge in [0.2, 0.25) is 0 Å². The van der Waals surface area contributed by atoms with Gasteiger partial charge in [-0.25, -0.2) is 9.18 Å². The Balaban J connectivity index is 2.40.